The number of nitrogens with zero attached hydrogens (tertiary/aromatic N) is 2. The SMILES string of the molecule is COc1ccc(Cn2[c]ncc2)cc1. The van der Waals surface area contributed by atoms with Crippen LogP contribution in [0.3, 0.4) is 0 Å². The van der Waals surface area contributed by atoms with Crippen LogP contribution in [0.5, 0.6) is 5.75 Å². The fourth-order valence-corrected chi connectivity index (χ4v) is 1.27. The summed E-state index contributed by atoms with van der Waals surface area (Å²) in [6.07, 6.45) is 6.47. The zero-order valence-corrected chi connectivity index (χ0v) is 7.97. The Morgan fingerprint density at radius 3 is 2.71 bits per heavy atom. The van der Waals surface area contributed by atoms with E-state index in [1.54, 1.807) is 13.3 Å². The van der Waals surface area contributed by atoms with Crippen molar-refractivity contribution in [3.05, 3.63) is 48.5 Å². The Morgan fingerprint density at radius 2 is 2.14 bits per heavy atom. The second-order valence-electron chi connectivity index (χ2n) is 3.00. The monoisotopic (exact) mass is 187 g/mol. The highest BCUT2D eigenvalue weighted by molar-refractivity contribution is 5.27. The molecule has 0 aliphatic heterocycles. The smallest absolute Gasteiger partial charge is 0.176 e. The van der Waals surface area contributed by atoms with E-state index >= 15 is 0 Å². The highest BCUT2D eigenvalue weighted by Crippen LogP contribution is 2.11. The number of benzene rings is 1. The lowest BCUT2D eigenvalue weighted by Crippen LogP contribution is -1.96. The van der Waals surface area contributed by atoms with Crippen LogP contribution < -0.4 is 4.74 Å². The fourth-order valence-electron chi connectivity index (χ4n) is 1.27. The molecule has 3 nitrogen and oxygen atoms in total. The standard InChI is InChI=1S/C11H11N2O/c1-14-11-4-2-10(3-5-11)8-13-7-6-12-9-13/h2-7H,8H2,1H3. The third-order valence-electron chi connectivity index (χ3n) is 2.02. The molecule has 1 radical (unpaired) electrons. The minimum atomic E-state index is 0.796. The zero-order valence-electron chi connectivity index (χ0n) is 7.97. The summed E-state index contributed by atoms with van der Waals surface area (Å²) in [4.78, 5) is 3.87. The third kappa shape index (κ3) is 1.93. The van der Waals surface area contributed by atoms with Crippen molar-refractivity contribution >= 4 is 0 Å². The Bertz CT molecular complexity index is 378. The second-order valence-corrected chi connectivity index (χ2v) is 3.00. The highest BCUT2D eigenvalue weighted by atomic mass is 16.5. The summed E-state index contributed by atoms with van der Waals surface area (Å²) in [5.41, 5.74) is 1.21. The molecule has 0 aliphatic rings. The quantitative estimate of drug-likeness (QED) is 0.731. The number of methoxy groups -OCH3 is 1. The average molecular weight is 187 g/mol. The lowest BCUT2D eigenvalue weighted by Gasteiger charge is -2.03. The summed E-state index contributed by atoms with van der Waals surface area (Å²) in [5.74, 6) is 0.878. The normalized spacial score (nSPS) is 10.1. The Balaban J connectivity index is 2.10. The van der Waals surface area contributed by atoms with Crippen molar-refractivity contribution in [2.24, 2.45) is 0 Å². The van der Waals surface area contributed by atoms with Gasteiger partial charge in [0.25, 0.3) is 0 Å². The van der Waals surface area contributed by atoms with Crippen LogP contribution in [-0.4, -0.2) is 16.7 Å². The molecule has 3 heteroatoms. The van der Waals surface area contributed by atoms with Crippen molar-refractivity contribution in [1.29, 1.82) is 0 Å². The number of imidazole rings is 1. The van der Waals surface area contributed by atoms with Gasteiger partial charge in [-0.25, -0.2) is 4.98 Å². The molecule has 0 amide bonds. The zero-order chi connectivity index (χ0) is 9.80. The average Bonchev–Trinajstić information content (AvgIpc) is 2.72. The van der Waals surface area contributed by atoms with Crippen molar-refractivity contribution in [2.45, 2.75) is 6.54 Å². The topological polar surface area (TPSA) is 27.1 Å². The molecule has 0 saturated heterocycles. The second kappa shape index (κ2) is 3.96. The summed E-state index contributed by atoms with van der Waals surface area (Å²) in [7, 11) is 1.67. The van der Waals surface area contributed by atoms with Crippen molar-refractivity contribution in [2.75, 3.05) is 7.11 Å². The summed E-state index contributed by atoms with van der Waals surface area (Å²) in [6, 6.07) is 7.97. The maximum Gasteiger partial charge on any atom is 0.176 e. The van der Waals surface area contributed by atoms with Crippen LogP contribution in [0.2, 0.25) is 0 Å². The van der Waals surface area contributed by atoms with Gasteiger partial charge in [0, 0.05) is 18.9 Å². The molecule has 0 atom stereocenters. The van der Waals surface area contributed by atoms with Crippen molar-refractivity contribution in [3.8, 4) is 5.75 Å². The van der Waals surface area contributed by atoms with Gasteiger partial charge in [-0.1, -0.05) is 12.1 Å². The molecule has 0 N–H and O–H groups in total. The van der Waals surface area contributed by atoms with Crippen LogP contribution in [0.15, 0.2) is 36.7 Å². The van der Waals surface area contributed by atoms with Crippen LogP contribution >= 0.6 is 0 Å². The van der Waals surface area contributed by atoms with E-state index in [-0.39, 0.29) is 0 Å². The summed E-state index contributed by atoms with van der Waals surface area (Å²) in [5, 5.41) is 0. The van der Waals surface area contributed by atoms with E-state index in [1.165, 1.54) is 5.56 Å². The fraction of sp³-hybridized carbons (Fsp3) is 0.182. The Morgan fingerprint density at radius 1 is 1.36 bits per heavy atom. The maximum atomic E-state index is 5.08. The molecular formula is C11H11N2O. The molecule has 14 heavy (non-hydrogen) atoms. The molecular weight excluding hydrogens is 176 g/mol. The molecule has 1 aromatic carbocycles. The van der Waals surface area contributed by atoms with Gasteiger partial charge in [-0.05, 0) is 17.7 Å². The van der Waals surface area contributed by atoms with E-state index in [2.05, 4.69) is 11.3 Å². The molecule has 0 saturated carbocycles. The van der Waals surface area contributed by atoms with Crippen LogP contribution in [0, 0.1) is 6.33 Å². The Kier molecular flexibility index (Phi) is 2.49. The van der Waals surface area contributed by atoms with E-state index < -0.39 is 0 Å². The number of hydrogen-bond acceptors (Lipinski definition) is 2. The first-order chi connectivity index (χ1) is 6.88. The predicted octanol–water partition coefficient (Wildman–Crippen LogP) is 1.74. The predicted molar refractivity (Wildman–Crippen MR) is 53.2 cm³/mol. The molecule has 0 fully saturated rings. The molecule has 2 rings (SSSR count). The minimum Gasteiger partial charge on any atom is -0.497 e. The van der Waals surface area contributed by atoms with Crippen molar-refractivity contribution in [1.82, 2.24) is 9.55 Å². The third-order valence-corrected chi connectivity index (χ3v) is 2.02. The minimum absolute atomic E-state index is 0.796. The van der Waals surface area contributed by atoms with Gasteiger partial charge >= 0.3 is 0 Å². The molecule has 0 aliphatic carbocycles. The van der Waals surface area contributed by atoms with Crippen LogP contribution in [0.4, 0.5) is 0 Å². The first-order valence-electron chi connectivity index (χ1n) is 4.40. The molecule has 0 unspecified atom stereocenters. The van der Waals surface area contributed by atoms with Crippen LogP contribution in [-0.2, 0) is 6.54 Å². The first kappa shape index (κ1) is 8.81. The Labute approximate surface area is 83.0 Å². The van der Waals surface area contributed by atoms with Gasteiger partial charge < -0.3 is 9.30 Å². The van der Waals surface area contributed by atoms with Gasteiger partial charge in [-0.2, -0.15) is 0 Å². The van der Waals surface area contributed by atoms with E-state index in [0.717, 1.165) is 12.3 Å². The lowest BCUT2D eigenvalue weighted by molar-refractivity contribution is 0.414. The van der Waals surface area contributed by atoms with E-state index in [9.17, 15) is 0 Å². The number of rotatable bonds is 3. The molecule has 2 aromatic rings. The van der Waals surface area contributed by atoms with Crippen molar-refractivity contribution in [3.63, 3.8) is 0 Å². The van der Waals surface area contributed by atoms with Gasteiger partial charge in [0.05, 0.1) is 7.11 Å². The van der Waals surface area contributed by atoms with Gasteiger partial charge in [-0.3, -0.25) is 0 Å². The highest BCUT2D eigenvalue weighted by Gasteiger charge is 1.95. The number of hydrogen-bond donors (Lipinski definition) is 0. The molecule has 71 valence electrons. The molecule has 0 bridgehead atoms. The lowest BCUT2D eigenvalue weighted by atomic mass is 10.2. The van der Waals surface area contributed by atoms with Crippen molar-refractivity contribution < 1.29 is 4.74 Å². The molecule has 0 spiro atoms. The molecule has 1 aromatic heterocycles. The summed E-state index contributed by atoms with van der Waals surface area (Å²) >= 11 is 0. The number of ether oxygens (including phenoxy) is 1. The van der Waals surface area contributed by atoms with E-state index in [0.29, 0.717) is 0 Å². The van der Waals surface area contributed by atoms with Gasteiger partial charge in [0.1, 0.15) is 5.75 Å². The summed E-state index contributed by atoms with van der Waals surface area (Å²) in [6.45, 7) is 0.796. The van der Waals surface area contributed by atoms with Gasteiger partial charge in [0.15, 0.2) is 6.33 Å². The van der Waals surface area contributed by atoms with Crippen LogP contribution in [0.1, 0.15) is 5.56 Å². The molecule has 1 heterocycles. The van der Waals surface area contributed by atoms with Gasteiger partial charge in [-0.15, -0.1) is 0 Å². The van der Waals surface area contributed by atoms with E-state index in [4.69, 9.17) is 4.74 Å². The van der Waals surface area contributed by atoms with Crippen LogP contribution in [0.25, 0.3) is 0 Å². The first-order valence-corrected chi connectivity index (χ1v) is 4.40. The van der Waals surface area contributed by atoms with Gasteiger partial charge in [0.2, 0.25) is 0 Å². The largest absolute Gasteiger partial charge is 0.497 e. The summed E-state index contributed by atoms with van der Waals surface area (Å²) < 4.78 is 6.98. The number of aromatic nitrogens is 2. The Hall–Kier alpha value is -1.77. The van der Waals surface area contributed by atoms with E-state index in [1.807, 2.05) is 35.0 Å². The maximum absolute atomic E-state index is 5.08.